The van der Waals surface area contributed by atoms with Crippen molar-refractivity contribution in [1.82, 2.24) is 5.32 Å². The second-order valence-corrected chi connectivity index (χ2v) is 12.5. The maximum Gasteiger partial charge on any atom is 0.254 e. The molecule has 3 N–H and O–H groups in total. The molecule has 1 saturated carbocycles. The van der Waals surface area contributed by atoms with E-state index in [9.17, 15) is 14.4 Å². The quantitative estimate of drug-likeness (QED) is 0.178. The molecule has 6 rings (SSSR count). The van der Waals surface area contributed by atoms with Gasteiger partial charge >= 0.3 is 0 Å². The molecule has 7 heteroatoms. The van der Waals surface area contributed by atoms with E-state index in [1.54, 1.807) is 12.0 Å². The van der Waals surface area contributed by atoms with Crippen molar-refractivity contribution in [3.63, 3.8) is 0 Å². The zero-order valence-corrected chi connectivity index (χ0v) is 26.4. The van der Waals surface area contributed by atoms with E-state index in [4.69, 9.17) is 10.5 Å². The Bertz CT molecular complexity index is 1730. The average molecular weight is 616 g/mol. The lowest BCUT2D eigenvalue weighted by Crippen LogP contribution is -2.46. The third-order valence-corrected chi connectivity index (χ3v) is 9.32. The van der Waals surface area contributed by atoms with Gasteiger partial charge in [0.15, 0.2) is 0 Å². The number of carbonyl (C=O) groups is 3. The van der Waals surface area contributed by atoms with Gasteiger partial charge in [-0.15, -0.1) is 0 Å². The van der Waals surface area contributed by atoms with Crippen LogP contribution in [0.2, 0.25) is 0 Å². The fourth-order valence-electron chi connectivity index (χ4n) is 6.72. The van der Waals surface area contributed by atoms with Crippen molar-refractivity contribution in [1.29, 1.82) is 0 Å². The number of nitrogens with zero attached hydrogens (tertiary/aromatic N) is 1. The fraction of sp³-hybridized carbons (Fsp3) is 0.308. The van der Waals surface area contributed by atoms with Crippen LogP contribution in [-0.2, 0) is 20.9 Å². The van der Waals surface area contributed by atoms with E-state index in [2.05, 4.69) is 11.4 Å². The molecule has 1 heterocycles. The average Bonchev–Trinajstić information content (AvgIpc) is 3.92. The summed E-state index contributed by atoms with van der Waals surface area (Å²) < 4.78 is 5.33. The van der Waals surface area contributed by atoms with Gasteiger partial charge in [0.25, 0.3) is 5.91 Å². The normalized spacial score (nSPS) is 16.9. The molecular formula is C39H41N3O4. The van der Waals surface area contributed by atoms with E-state index in [1.807, 2.05) is 97.9 Å². The number of nitrogens with two attached hydrogens (primary N) is 1. The lowest BCUT2D eigenvalue weighted by molar-refractivity contribution is -0.136. The number of benzene rings is 4. The predicted molar refractivity (Wildman–Crippen MR) is 181 cm³/mol. The van der Waals surface area contributed by atoms with Crippen LogP contribution in [0.15, 0.2) is 97.1 Å². The van der Waals surface area contributed by atoms with Crippen LogP contribution in [0.25, 0.3) is 22.3 Å². The number of para-hydroxylation sites is 1. The first-order valence-corrected chi connectivity index (χ1v) is 16.2. The van der Waals surface area contributed by atoms with Crippen LogP contribution in [0.1, 0.15) is 56.2 Å². The summed E-state index contributed by atoms with van der Waals surface area (Å²) >= 11 is 0. The molecule has 2 aliphatic rings. The second kappa shape index (κ2) is 13.6. The monoisotopic (exact) mass is 615 g/mol. The Morgan fingerprint density at radius 3 is 2.30 bits per heavy atom. The van der Waals surface area contributed by atoms with Crippen LogP contribution in [-0.4, -0.2) is 24.8 Å². The van der Waals surface area contributed by atoms with Crippen molar-refractivity contribution in [2.24, 2.45) is 23.5 Å². The fourth-order valence-corrected chi connectivity index (χ4v) is 6.72. The second-order valence-electron chi connectivity index (χ2n) is 12.5. The third-order valence-electron chi connectivity index (χ3n) is 9.32. The summed E-state index contributed by atoms with van der Waals surface area (Å²) in [6.07, 6.45) is 3.98. The van der Waals surface area contributed by atoms with Gasteiger partial charge in [-0.2, -0.15) is 0 Å². The number of ether oxygens (including phenoxy) is 1. The summed E-state index contributed by atoms with van der Waals surface area (Å²) in [5.41, 5.74) is 12.2. The zero-order valence-electron chi connectivity index (χ0n) is 26.4. The number of amides is 3. The lowest BCUT2D eigenvalue weighted by atomic mass is 9.83. The molecule has 0 radical (unpaired) electrons. The van der Waals surface area contributed by atoms with Gasteiger partial charge in [-0.3, -0.25) is 14.4 Å². The van der Waals surface area contributed by atoms with Crippen LogP contribution in [0.5, 0.6) is 5.75 Å². The van der Waals surface area contributed by atoms with E-state index in [1.165, 1.54) is 0 Å². The maximum absolute atomic E-state index is 14.7. The number of hydrogen-bond acceptors (Lipinski definition) is 4. The van der Waals surface area contributed by atoms with E-state index in [0.29, 0.717) is 25.3 Å². The van der Waals surface area contributed by atoms with E-state index in [0.717, 1.165) is 64.1 Å². The molecule has 4 aromatic carbocycles. The van der Waals surface area contributed by atoms with Gasteiger partial charge in [0.1, 0.15) is 11.8 Å². The van der Waals surface area contributed by atoms with Crippen molar-refractivity contribution >= 4 is 23.4 Å². The van der Waals surface area contributed by atoms with Gasteiger partial charge in [0.2, 0.25) is 11.8 Å². The molecule has 3 amide bonds. The molecule has 0 bridgehead atoms. The first-order valence-electron chi connectivity index (χ1n) is 16.2. The van der Waals surface area contributed by atoms with E-state index < -0.39 is 23.8 Å². The van der Waals surface area contributed by atoms with Crippen LogP contribution in [0.3, 0.4) is 0 Å². The minimum absolute atomic E-state index is 0.225. The summed E-state index contributed by atoms with van der Waals surface area (Å²) in [5, 5.41) is 3.14. The highest BCUT2D eigenvalue weighted by Crippen LogP contribution is 2.42. The van der Waals surface area contributed by atoms with Gasteiger partial charge in [0.05, 0.1) is 19.3 Å². The van der Waals surface area contributed by atoms with Crippen molar-refractivity contribution in [3.8, 4) is 28.0 Å². The highest BCUT2D eigenvalue weighted by Gasteiger charge is 2.40. The molecular weight excluding hydrogens is 574 g/mol. The standard InChI is InChI=1S/C39H41N3O4/c1-3-9-33(37(40)43)34(23-25-16-17-25)38(44)41-36-32-14-5-4-12-30(32)31-13-6-7-15-35(31)42(39(36)45)24-26-10-8-11-28(22-26)27-18-20-29(46-2)21-19-27/h4-8,10-15,18-22,25,33-34,36H,3,9,16-17,23-24H2,1-2H3,(H2,40,43)(H,41,44)/t33-,34+,36?/m0/s1. The lowest BCUT2D eigenvalue weighted by Gasteiger charge is -2.29. The number of nitrogens with one attached hydrogen (secondary N) is 1. The molecule has 46 heavy (non-hydrogen) atoms. The number of primary amides is 1. The minimum atomic E-state index is -0.933. The van der Waals surface area contributed by atoms with Gasteiger partial charge in [-0.1, -0.05) is 99.0 Å². The molecule has 1 fully saturated rings. The van der Waals surface area contributed by atoms with Crippen LogP contribution >= 0.6 is 0 Å². The van der Waals surface area contributed by atoms with Crippen LogP contribution in [0.4, 0.5) is 5.69 Å². The first kappa shape index (κ1) is 31.1. The Morgan fingerprint density at radius 2 is 1.61 bits per heavy atom. The number of hydrogen-bond donors (Lipinski definition) is 2. The largest absolute Gasteiger partial charge is 0.497 e. The molecule has 236 valence electrons. The molecule has 0 spiro atoms. The van der Waals surface area contributed by atoms with Gasteiger partial charge in [-0.05, 0) is 70.8 Å². The molecule has 7 nitrogen and oxygen atoms in total. The molecule has 0 aromatic heterocycles. The summed E-state index contributed by atoms with van der Waals surface area (Å²) in [7, 11) is 1.65. The topological polar surface area (TPSA) is 102 Å². The van der Waals surface area contributed by atoms with E-state index in [-0.39, 0.29) is 11.8 Å². The smallest absolute Gasteiger partial charge is 0.254 e. The van der Waals surface area contributed by atoms with Gasteiger partial charge in [0, 0.05) is 17.4 Å². The molecule has 0 saturated heterocycles. The molecule has 3 atom stereocenters. The molecule has 1 aliphatic carbocycles. The van der Waals surface area contributed by atoms with Crippen molar-refractivity contribution in [2.75, 3.05) is 12.0 Å². The van der Waals surface area contributed by atoms with Crippen LogP contribution < -0.4 is 20.7 Å². The third kappa shape index (κ3) is 6.54. The number of rotatable bonds is 12. The molecule has 1 unspecified atom stereocenters. The maximum atomic E-state index is 14.7. The number of fused-ring (bicyclic) bond motifs is 3. The van der Waals surface area contributed by atoms with Crippen molar-refractivity contribution in [3.05, 3.63) is 108 Å². The van der Waals surface area contributed by atoms with Crippen molar-refractivity contribution < 1.29 is 19.1 Å². The summed E-state index contributed by atoms with van der Waals surface area (Å²) in [4.78, 5) is 43.2. The van der Waals surface area contributed by atoms with E-state index >= 15 is 0 Å². The highest BCUT2D eigenvalue weighted by atomic mass is 16.5. The van der Waals surface area contributed by atoms with Crippen molar-refractivity contribution in [2.45, 2.75) is 51.6 Å². The summed E-state index contributed by atoms with van der Waals surface area (Å²) in [5.74, 6) is -0.927. The van der Waals surface area contributed by atoms with Gasteiger partial charge in [-0.25, -0.2) is 0 Å². The number of methoxy groups -OCH3 is 1. The Labute approximate surface area is 270 Å². The van der Waals surface area contributed by atoms with Gasteiger partial charge < -0.3 is 20.7 Å². The summed E-state index contributed by atoms with van der Waals surface area (Å²) in [6, 6.07) is 30.8. The minimum Gasteiger partial charge on any atom is -0.497 e. The van der Waals surface area contributed by atoms with Crippen LogP contribution in [0, 0.1) is 17.8 Å². The molecule has 4 aromatic rings. The Balaban J connectivity index is 1.37. The number of anilines is 1. The molecule has 1 aliphatic heterocycles. The highest BCUT2D eigenvalue weighted by molar-refractivity contribution is 6.06. The summed E-state index contributed by atoms with van der Waals surface area (Å²) in [6.45, 7) is 2.30. The Kier molecular flexibility index (Phi) is 9.20. The Hall–Kier alpha value is -4.91. The number of carbonyl (C=O) groups excluding carboxylic acids is 3. The predicted octanol–water partition coefficient (Wildman–Crippen LogP) is 7.05. The zero-order chi connectivity index (χ0) is 32.2. The Morgan fingerprint density at radius 1 is 0.891 bits per heavy atom. The first-order chi connectivity index (χ1) is 22.4. The SMILES string of the molecule is CCC[C@H](C(N)=O)[C@@H](CC1CC1)C(=O)NC1C(=O)N(Cc2cccc(-c3ccc(OC)cc3)c2)c2ccccc2-c2ccccc21.